The number of nitrogens with two attached hydrogens (primary N) is 1. The average Bonchev–Trinajstić information content (AvgIpc) is 2.48. The van der Waals surface area contributed by atoms with Gasteiger partial charge in [-0.2, -0.15) is 10.5 Å². The van der Waals surface area contributed by atoms with Crippen molar-refractivity contribution in [3.05, 3.63) is 41.5 Å². The molecule has 0 aliphatic heterocycles. The van der Waals surface area contributed by atoms with Gasteiger partial charge in [0.15, 0.2) is 0 Å². The van der Waals surface area contributed by atoms with Crippen LogP contribution in [0.1, 0.15) is 18.1 Å². The minimum absolute atomic E-state index is 0.208. The van der Waals surface area contributed by atoms with E-state index in [1.165, 1.54) is 11.8 Å². The lowest BCUT2D eigenvalue weighted by Crippen LogP contribution is -2.03. The SMILES string of the molecule is CCSc1nc(-c2ccccc2)c(C#N)c(N)c1C#N. The average molecular weight is 280 g/mol. The summed E-state index contributed by atoms with van der Waals surface area (Å²) in [5.41, 5.74) is 8.07. The third-order valence-corrected chi connectivity index (χ3v) is 3.61. The van der Waals surface area contributed by atoms with Gasteiger partial charge < -0.3 is 5.73 Å². The molecule has 0 fully saturated rings. The maximum Gasteiger partial charge on any atom is 0.117 e. The van der Waals surface area contributed by atoms with Crippen LogP contribution in [0.25, 0.3) is 11.3 Å². The molecule has 20 heavy (non-hydrogen) atoms. The molecular weight excluding hydrogens is 268 g/mol. The summed E-state index contributed by atoms with van der Waals surface area (Å²) in [4.78, 5) is 4.47. The van der Waals surface area contributed by atoms with Gasteiger partial charge in [0.25, 0.3) is 0 Å². The molecule has 0 unspecified atom stereocenters. The van der Waals surface area contributed by atoms with Gasteiger partial charge >= 0.3 is 0 Å². The lowest BCUT2D eigenvalue weighted by atomic mass is 10.0. The van der Waals surface area contributed by atoms with Gasteiger partial charge in [0.1, 0.15) is 28.3 Å². The number of nitrogen functional groups attached to an aromatic ring is 1. The molecule has 0 amide bonds. The molecule has 4 nitrogen and oxygen atoms in total. The number of anilines is 1. The summed E-state index contributed by atoms with van der Waals surface area (Å²) < 4.78 is 0. The van der Waals surface area contributed by atoms with Crippen LogP contribution in [0.3, 0.4) is 0 Å². The first-order valence-electron chi connectivity index (χ1n) is 6.04. The Morgan fingerprint density at radius 1 is 1.15 bits per heavy atom. The smallest absolute Gasteiger partial charge is 0.117 e. The monoisotopic (exact) mass is 280 g/mol. The number of rotatable bonds is 3. The molecule has 5 heteroatoms. The van der Waals surface area contributed by atoms with E-state index < -0.39 is 0 Å². The Morgan fingerprint density at radius 3 is 2.35 bits per heavy atom. The minimum atomic E-state index is 0.208. The van der Waals surface area contributed by atoms with Gasteiger partial charge in [-0.05, 0) is 5.75 Å². The summed E-state index contributed by atoms with van der Waals surface area (Å²) in [6.07, 6.45) is 0. The summed E-state index contributed by atoms with van der Waals surface area (Å²) in [5, 5.41) is 19.1. The van der Waals surface area contributed by atoms with Crippen molar-refractivity contribution in [2.24, 2.45) is 0 Å². The van der Waals surface area contributed by atoms with Gasteiger partial charge in [-0.15, -0.1) is 11.8 Å². The summed E-state index contributed by atoms with van der Waals surface area (Å²) in [6, 6.07) is 13.5. The normalized spacial score (nSPS) is 9.75. The highest BCUT2D eigenvalue weighted by atomic mass is 32.2. The third-order valence-electron chi connectivity index (χ3n) is 2.75. The van der Waals surface area contributed by atoms with Crippen molar-refractivity contribution < 1.29 is 0 Å². The number of aromatic nitrogens is 1. The number of pyridine rings is 1. The highest BCUT2D eigenvalue weighted by Gasteiger charge is 2.18. The predicted octanol–water partition coefficient (Wildman–Crippen LogP) is 3.19. The summed E-state index contributed by atoms with van der Waals surface area (Å²) in [5.74, 6) is 0.779. The molecule has 0 spiro atoms. The molecule has 98 valence electrons. The molecule has 1 heterocycles. The highest BCUT2D eigenvalue weighted by Crippen LogP contribution is 2.33. The van der Waals surface area contributed by atoms with Gasteiger partial charge in [0.05, 0.1) is 11.4 Å². The Labute approximate surface area is 121 Å². The fourth-order valence-electron chi connectivity index (χ4n) is 1.85. The van der Waals surface area contributed by atoms with E-state index in [0.717, 1.165) is 11.3 Å². The van der Waals surface area contributed by atoms with Crippen molar-refractivity contribution in [1.29, 1.82) is 10.5 Å². The van der Waals surface area contributed by atoms with Gasteiger partial charge in [-0.3, -0.25) is 0 Å². The largest absolute Gasteiger partial charge is 0.396 e. The van der Waals surface area contributed by atoms with Crippen molar-refractivity contribution in [3.63, 3.8) is 0 Å². The molecule has 0 bridgehead atoms. The zero-order valence-electron chi connectivity index (χ0n) is 10.9. The number of benzene rings is 1. The predicted molar refractivity (Wildman–Crippen MR) is 79.9 cm³/mol. The van der Waals surface area contributed by atoms with Crippen LogP contribution in [0.15, 0.2) is 35.4 Å². The molecule has 0 radical (unpaired) electrons. The van der Waals surface area contributed by atoms with Crippen molar-refractivity contribution in [2.45, 2.75) is 11.9 Å². The van der Waals surface area contributed by atoms with Crippen LogP contribution in [0, 0.1) is 22.7 Å². The van der Waals surface area contributed by atoms with Crippen molar-refractivity contribution >= 4 is 17.4 Å². The van der Waals surface area contributed by atoms with Gasteiger partial charge in [-0.25, -0.2) is 4.98 Å². The lowest BCUT2D eigenvalue weighted by Gasteiger charge is -2.11. The summed E-state index contributed by atoms with van der Waals surface area (Å²) in [7, 11) is 0. The zero-order valence-corrected chi connectivity index (χ0v) is 11.7. The molecule has 0 aliphatic carbocycles. The Morgan fingerprint density at radius 2 is 1.80 bits per heavy atom. The standard InChI is InChI=1S/C15H12N4S/c1-2-20-15-12(9-17)13(18)11(8-16)14(19-15)10-6-4-3-5-7-10/h3-7H,2H2,1H3,(H2,18,19). The topological polar surface area (TPSA) is 86.5 Å². The third kappa shape index (κ3) is 2.45. The van der Waals surface area contributed by atoms with E-state index in [9.17, 15) is 10.5 Å². The molecule has 0 saturated carbocycles. The Balaban J connectivity index is 2.76. The maximum absolute atomic E-state index is 9.32. The minimum Gasteiger partial charge on any atom is -0.396 e. The van der Waals surface area contributed by atoms with Gasteiger partial charge in [-0.1, -0.05) is 37.3 Å². The van der Waals surface area contributed by atoms with Crippen LogP contribution in [-0.4, -0.2) is 10.7 Å². The molecule has 0 atom stereocenters. The van der Waals surface area contributed by atoms with Crippen LogP contribution in [0.4, 0.5) is 5.69 Å². The first-order chi connectivity index (χ1) is 9.72. The molecule has 1 aromatic heterocycles. The number of hydrogen-bond acceptors (Lipinski definition) is 5. The van der Waals surface area contributed by atoms with Gasteiger partial charge in [0.2, 0.25) is 0 Å². The van der Waals surface area contributed by atoms with Crippen LogP contribution < -0.4 is 5.73 Å². The highest BCUT2D eigenvalue weighted by molar-refractivity contribution is 7.99. The molecule has 2 N–H and O–H groups in total. The fourth-order valence-corrected chi connectivity index (χ4v) is 2.58. The van der Waals surface area contributed by atoms with E-state index in [-0.39, 0.29) is 16.8 Å². The molecule has 1 aromatic carbocycles. The number of nitriles is 2. The molecule has 2 rings (SSSR count). The molecule has 2 aromatic rings. The van der Waals surface area contributed by atoms with Gasteiger partial charge in [0, 0.05) is 5.56 Å². The summed E-state index contributed by atoms with van der Waals surface area (Å²) in [6.45, 7) is 1.98. The van der Waals surface area contributed by atoms with E-state index in [1.807, 2.05) is 43.3 Å². The second-order valence-electron chi connectivity index (χ2n) is 3.95. The van der Waals surface area contributed by atoms with Crippen LogP contribution in [0.5, 0.6) is 0 Å². The maximum atomic E-state index is 9.32. The first kappa shape index (κ1) is 13.9. The number of hydrogen-bond donors (Lipinski definition) is 1. The lowest BCUT2D eigenvalue weighted by molar-refractivity contribution is 1.11. The van der Waals surface area contributed by atoms with E-state index in [4.69, 9.17) is 5.73 Å². The second kappa shape index (κ2) is 6.10. The number of thioether (sulfide) groups is 1. The van der Waals surface area contributed by atoms with E-state index in [2.05, 4.69) is 11.1 Å². The molecule has 0 aliphatic rings. The van der Waals surface area contributed by atoms with E-state index >= 15 is 0 Å². The quantitative estimate of drug-likeness (QED) is 0.872. The van der Waals surface area contributed by atoms with E-state index in [0.29, 0.717) is 10.7 Å². The number of nitrogens with zero attached hydrogens (tertiary/aromatic N) is 3. The van der Waals surface area contributed by atoms with Crippen LogP contribution in [-0.2, 0) is 0 Å². The molecule has 0 saturated heterocycles. The Bertz CT molecular complexity index is 711. The Kier molecular flexibility index (Phi) is 4.24. The second-order valence-corrected chi connectivity index (χ2v) is 5.20. The summed E-state index contributed by atoms with van der Waals surface area (Å²) >= 11 is 1.45. The fraction of sp³-hybridized carbons (Fsp3) is 0.133. The Hall–Kier alpha value is -2.50. The first-order valence-corrected chi connectivity index (χ1v) is 7.03. The van der Waals surface area contributed by atoms with Crippen molar-refractivity contribution in [3.8, 4) is 23.4 Å². The molecular formula is C15H12N4S. The van der Waals surface area contributed by atoms with Crippen molar-refractivity contribution in [2.75, 3.05) is 11.5 Å². The van der Waals surface area contributed by atoms with E-state index in [1.54, 1.807) is 0 Å². The van der Waals surface area contributed by atoms with Crippen molar-refractivity contribution in [1.82, 2.24) is 4.98 Å². The van der Waals surface area contributed by atoms with Crippen LogP contribution in [0.2, 0.25) is 0 Å². The van der Waals surface area contributed by atoms with Crippen LogP contribution >= 0.6 is 11.8 Å². The zero-order chi connectivity index (χ0) is 14.5.